The number of aromatic nitrogens is 4. The van der Waals surface area contributed by atoms with E-state index in [0.717, 1.165) is 12.2 Å². The lowest BCUT2D eigenvalue weighted by atomic mass is 10.1. The van der Waals surface area contributed by atoms with E-state index in [1.54, 1.807) is 9.36 Å². The van der Waals surface area contributed by atoms with Crippen molar-refractivity contribution in [2.75, 3.05) is 7.05 Å². The Labute approximate surface area is 147 Å². The first-order valence-electron chi connectivity index (χ1n) is 8.00. The standard InChI is InChI=1S/C18H21N5S/c1-14-9-10-16(15(2)11-14)12-21(3)13-22-18(24)23(20-19-22)17-7-5-4-6-8-17/h4-11H,12-13H2,1-3H3/p+1. The van der Waals surface area contributed by atoms with Gasteiger partial charge in [0.15, 0.2) is 6.67 Å². The molecule has 5 nitrogen and oxygen atoms in total. The smallest absolute Gasteiger partial charge is 0.225 e. The lowest BCUT2D eigenvalue weighted by molar-refractivity contribution is -0.917. The maximum atomic E-state index is 5.52. The molecule has 0 amide bonds. The van der Waals surface area contributed by atoms with E-state index in [1.165, 1.54) is 21.6 Å². The van der Waals surface area contributed by atoms with Crippen LogP contribution in [0, 0.1) is 18.6 Å². The normalized spacial score (nSPS) is 12.3. The highest BCUT2D eigenvalue weighted by Crippen LogP contribution is 2.09. The molecule has 1 N–H and O–H groups in total. The van der Waals surface area contributed by atoms with Crippen molar-refractivity contribution in [3.05, 3.63) is 70.0 Å². The molecule has 0 aliphatic heterocycles. The fourth-order valence-corrected chi connectivity index (χ4v) is 3.03. The third-order valence-corrected chi connectivity index (χ3v) is 4.43. The summed E-state index contributed by atoms with van der Waals surface area (Å²) in [6, 6.07) is 16.4. The molecule has 1 unspecified atom stereocenters. The average Bonchev–Trinajstić information content (AvgIpc) is 2.92. The van der Waals surface area contributed by atoms with Crippen molar-refractivity contribution in [3.8, 4) is 5.69 Å². The zero-order chi connectivity index (χ0) is 17.1. The fraction of sp³-hybridized carbons (Fsp3) is 0.278. The first-order valence-corrected chi connectivity index (χ1v) is 8.41. The molecular formula is C18H22N5S+. The van der Waals surface area contributed by atoms with E-state index in [1.807, 2.05) is 30.3 Å². The van der Waals surface area contributed by atoms with Crippen LogP contribution in [0.3, 0.4) is 0 Å². The van der Waals surface area contributed by atoms with Gasteiger partial charge in [0.05, 0.1) is 12.7 Å². The Morgan fingerprint density at radius 3 is 2.50 bits per heavy atom. The van der Waals surface area contributed by atoms with Crippen molar-refractivity contribution < 1.29 is 4.90 Å². The van der Waals surface area contributed by atoms with E-state index in [9.17, 15) is 0 Å². The van der Waals surface area contributed by atoms with Crippen molar-refractivity contribution in [2.24, 2.45) is 0 Å². The average molecular weight is 340 g/mol. The number of nitrogens with zero attached hydrogens (tertiary/aromatic N) is 4. The number of tetrazole rings is 1. The van der Waals surface area contributed by atoms with Gasteiger partial charge in [-0.1, -0.05) is 42.0 Å². The Hall–Kier alpha value is -2.31. The number of para-hydroxylation sites is 1. The molecule has 0 aliphatic carbocycles. The zero-order valence-electron chi connectivity index (χ0n) is 14.2. The summed E-state index contributed by atoms with van der Waals surface area (Å²) < 4.78 is 4.09. The summed E-state index contributed by atoms with van der Waals surface area (Å²) in [5.74, 6) is 0. The Balaban J connectivity index is 1.74. The van der Waals surface area contributed by atoms with Crippen LogP contribution in [0.2, 0.25) is 0 Å². The SMILES string of the molecule is Cc1ccc(C[NH+](C)Cn2nnn(-c3ccccc3)c2=S)c(C)c1. The predicted octanol–water partition coefficient (Wildman–Crippen LogP) is 2.09. The molecule has 3 rings (SSSR count). The minimum Gasteiger partial charge on any atom is -0.315 e. The molecule has 24 heavy (non-hydrogen) atoms. The highest BCUT2D eigenvalue weighted by Gasteiger charge is 2.11. The van der Waals surface area contributed by atoms with Gasteiger partial charge in [-0.2, -0.15) is 9.36 Å². The number of benzene rings is 2. The molecule has 124 valence electrons. The van der Waals surface area contributed by atoms with Crippen LogP contribution in [0.5, 0.6) is 0 Å². The van der Waals surface area contributed by atoms with Crippen LogP contribution >= 0.6 is 12.2 Å². The van der Waals surface area contributed by atoms with E-state index < -0.39 is 0 Å². The number of hydrogen-bond donors (Lipinski definition) is 1. The van der Waals surface area contributed by atoms with Gasteiger partial charge < -0.3 is 4.90 Å². The quantitative estimate of drug-likeness (QED) is 0.723. The lowest BCUT2D eigenvalue weighted by Gasteiger charge is -2.15. The predicted molar refractivity (Wildman–Crippen MR) is 96.7 cm³/mol. The van der Waals surface area contributed by atoms with E-state index in [2.05, 4.69) is 49.5 Å². The molecule has 3 aromatic rings. The van der Waals surface area contributed by atoms with Crippen LogP contribution in [0.1, 0.15) is 16.7 Å². The van der Waals surface area contributed by atoms with Gasteiger partial charge in [-0.25, -0.2) is 0 Å². The summed E-state index contributed by atoms with van der Waals surface area (Å²) in [6.07, 6.45) is 0. The van der Waals surface area contributed by atoms with Gasteiger partial charge in [0.2, 0.25) is 4.77 Å². The highest BCUT2D eigenvalue weighted by atomic mass is 32.1. The Morgan fingerprint density at radius 1 is 1.04 bits per heavy atom. The van der Waals surface area contributed by atoms with Gasteiger partial charge in [-0.3, -0.25) is 0 Å². The van der Waals surface area contributed by atoms with Crippen molar-refractivity contribution in [1.29, 1.82) is 0 Å². The van der Waals surface area contributed by atoms with Crippen LogP contribution in [-0.4, -0.2) is 26.8 Å². The highest BCUT2D eigenvalue weighted by molar-refractivity contribution is 7.71. The maximum Gasteiger partial charge on any atom is 0.225 e. The number of hydrogen-bond acceptors (Lipinski definition) is 3. The van der Waals surface area contributed by atoms with E-state index in [4.69, 9.17) is 12.2 Å². The molecule has 0 fully saturated rings. The topological polar surface area (TPSA) is 40.1 Å². The Morgan fingerprint density at radius 2 is 1.79 bits per heavy atom. The molecule has 2 aromatic carbocycles. The lowest BCUT2D eigenvalue weighted by Crippen LogP contribution is -3.07. The van der Waals surface area contributed by atoms with Gasteiger partial charge in [-0.15, -0.1) is 0 Å². The minimum atomic E-state index is 0.612. The molecule has 0 bridgehead atoms. The van der Waals surface area contributed by atoms with Crippen LogP contribution in [0.4, 0.5) is 0 Å². The number of nitrogens with one attached hydrogen (secondary N) is 1. The maximum absolute atomic E-state index is 5.52. The molecule has 0 saturated carbocycles. The second-order valence-electron chi connectivity index (χ2n) is 6.23. The van der Waals surface area contributed by atoms with Crippen molar-refractivity contribution in [3.63, 3.8) is 0 Å². The molecule has 1 atom stereocenters. The van der Waals surface area contributed by atoms with Crippen LogP contribution < -0.4 is 4.90 Å². The second kappa shape index (κ2) is 7.07. The third kappa shape index (κ3) is 3.60. The molecule has 1 aromatic heterocycles. The summed E-state index contributed by atoms with van der Waals surface area (Å²) in [6.45, 7) is 5.88. The summed E-state index contributed by atoms with van der Waals surface area (Å²) in [4.78, 5) is 1.30. The molecular weight excluding hydrogens is 318 g/mol. The van der Waals surface area contributed by atoms with Crippen molar-refractivity contribution >= 4 is 12.2 Å². The van der Waals surface area contributed by atoms with Gasteiger partial charge in [-0.05, 0) is 54.2 Å². The summed E-state index contributed by atoms with van der Waals surface area (Å²) in [7, 11) is 2.14. The Kier molecular flexibility index (Phi) is 4.87. The molecule has 6 heteroatoms. The zero-order valence-corrected chi connectivity index (χ0v) is 15.0. The molecule has 0 radical (unpaired) electrons. The van der Waals surface area contributed by atoms with Crippen molar-refractivity contribution in [2.45, 2.75) is 27.1 Å². The third-order valence-electron chi connectivity index (χ3n) is 4.05. The van der Waals surface area contributed by atoms with Crippen LogP contribution in [-0.2, 0) is 13.2 Å². The Bertz CT molecular complexity index is 882. The summed E-state index contributed by atoms with van der Waals surface area (Å²) in [5, 5.41) is 8.40. The molecule has 0 spiro atoms. The molecule has 0 saturated heterocycles. The van der Waals surface area contributed by atoms with Gasteiger partial charge in [0.1, 0.15) is 6.54 Å². The van der Waals surface area contributed by atoms with Crippen LogP contribution in [0.15, 0.2) is 48.5 Å². The second-order valence-corrected chi connectivity index (χ2v) is 6.60. The summed E-state index contributed by atoms with van der Waals surface area (Å²) in [5.41, 5.74) is 4.90. The number of rotatable bonds is 5. The van der Waals surface area contributed by atoms with Gasteiger partial charge >= 0.3 is 0 Å². The number of quaternary nitrogens is 1. The first-order chi connectivity index (χ1) is 11.5. The fourth-order valence-electron chi connectivity index (χ4n) is 2.79. The van der Waals surface area contributed by atoms with Gasteiger partial charge in [0, 0.05) is 5.56 Å². The minimum absolute atomic E-state index is 0.612. The van der Waals surface area contributed by atoms with Crippen LogP contribution in [0.25, 0.3) is 5.69 Å². The van der Waals surface area contributed by atoms with E-state index in [0.29, 0.717) is 11.4 Å². The number of aryl methyl sites for hydroxylation is 2. The van der Waals surface area contributed by atoms with E-state index >= 15 is 0 Å². The van der Waals surface area contributed by atoms with Gasteiger partial charge in [0.25, 0.3) is 0 Å². The molecule has 0 aliphatic rings. The largest absolute Gasteiger partial charge is 0.315 e. The first kappa shape index (κ1) is 16.5. The van der Waals surface area contributed by atoms with E-state index in [-0.39, 0.29) is 0 Å². The monoisotopic (exact) mass is 340 g/mol. The van der Waals surface area contributed by atoms with Crippen molar-refractivity contribution in [1.82, 2.24) is 19.8 Å². The summed E-state index contributed by atoms with van der Waals surface area (Å²) >= 11 is 5.52. The molecule has 1 heterocycles.